The summed E-state index contributed by atoms with van der Waals surface area (Å²) in [5.74, 6) is 0.155. The third kappa shape index (κ3) is 2.05. The van der Waals surface area contributed by atoms with Gasteiger partial charge in [-0.2, -0.15) is 15.4 Å². The third-order valence-corrected chi connectivity index (χ3v) is 3.12. The Hall–Kier alpha value is -2.05. The second kappa shape index (κ2) is 4.56. The number of rotatable bonds is 2. The van der Waals surface area contributed by atoms with Gasteiger partial charge in [-0.1, -0.05) is 34.4 Å². The number of benzene rings is 1. The Balaban J connectivity index is 2.22. The SMILES string of the molecule is Nc1onc(-c2cn[nH]n2)c1-c1ccc(Cl)cc1Cl. The fourth-order valence-electron chi connectivity index (χ4n) is 1.75. The summed E-state index contributed by atoms with van der Waals surface area (Å²) in [6.45, 7) is 0. The van der Waals surface area contributed by atoms with Crippen molar-refractivity contribution in [2.45, 2.75) is 0 Å². The second-order valence-corrected chi connectivity index (χ2v) is 4.59. The molecule has 0 fully saturated rings. The van der Waals surface area contributed by atoms with Gasteiger partial charge < -0.3 is 10.3 Å². The van der Waals surface area contributed by atoms with Gasteiger partial charge in [-0.05, 0) is 12.1 Å². The first-order valence-electron chi connectivity index (χ1n) is 5.23. The Bertz CT molecular complexity index is 723. The van der Waals surface area contributed by atoms with Crippen LogP contribution in [0.1, 0.15) is 0 Å². The highest BCUT2D eigenvalue weighted by atomic mass is 35.5. The molecule has 3 N–H and O–H groups in total. The van der Waals surface area contributed by atoms with Crippen LogP contribution >= 0.6 is 23.2 Å². The molecule has 0 spiro atoms. The van der Waals surface area contributed by atoms with Crippen LogP contribution in [-0.4, -0.2) is 20.6 Å². The van der Waals surface area contributed by atoms with Gasteiger partial charge in [0.25, 0.3) is 0 Å². The van der Waals surface area contributed by atoms with E-state index < -0.39 is 0 Å². The zero-order valence-electron chi connectivity index (χ0n) is 9.39. The fourth-order valence-corrected chi connectivity index (χ4v) is 2.25. The average Bonchev–Trinajstić information content (AvgIpc) is 2.99. The molecule has 0 saturated carbocycles. The predicted octanol–water partition coefficient (Wildman–Crippen LogP) is 3.02. The maximum atomic E-state index is 6.17. The van der Waals surface area contributed by atoms with E-state index in [1.54, 1.807) is 18.2 Å². The quantitative estimate of drug-likeness (QED) is 0.758. The first kappa shape index (κ1) is 12.0. The number of aromatic nitrogens is 4. The molecule has 0 radical (unpaired) electrons. The Morgan fingerprint density at radius 1 is 1.26 bits per heavy atom. The monoisotopic (exact) mass is 295 g/mol. The van der Waals surface area contributed by atoms with E-state index >= 15 is 0 Å². The van der Waals surface area contributed by atoms with Crippen LogP contribution < -0.4 is 5.73 Å². The number of nitrogens with two attached hydrogens (primary N) is 1. The van der Waals surface area contributed by atoms with Crippen molar-refractivity contribution in [2.75, 3.05) is 5.73 Å². The molecule has 3 aromatic rings. The highest BCUT2D eigenvalue weighted by molar-refractivity contribution is 6.36. The molecule has 19 heavy (non-hydrogen) atoms. The molecule has 3 rings (SSSR count). The summed E-state index contributed by atoms with van der Waals surface area (Å²) in [6, 6.07) is 5.08. The van der Waals surface area contributed by atoms with Crippen molar-refractivity contribution in [3.05, 3.63) is 34.4 Å². The number of nitrogen functional groups attached to an aromatic ring is 1. The van der Waals surface area contributed by atoms with Crippen molar-refractivity contribution >= 4 is 29.1 Å². The molecule has 96 valence electrons. The molecular weight excluding hydrogens is 289 g/mol. The van der Waals surface area contributed by atoms with Crippen LogP contribution in [-0.2, 0) is 0 Å². The number of anilines is 1. The van der Waals surface area contributed by atoms with Crippen molar-refractivity contribution in [3.8, 4) is 22.5 Å². The van der Waals surface area contributed by atoms with Crippen LogP contribution in [0.4, 0.5) is 5.88 Å². The Kier molecular flexibility index (Phi) is 2.88. The number of H-pyrrole nitrogens is 1. The highest BCUT2D eigenvalue weighted by Gasteiger charge is 2.21. The van der Waals surface area contributed by atoms with Crippen LogP contribution in [0.15, 0.2) is 28.9 Å². The number of hydrogen-bond acceptors (Lipinski definition) is 5. The molecule has 0 atom stereocenters. The van der Waals surface area contributed by atoms with E-state index in [2.05, 4.69) is 20.6 Å². The smallest absolute Gasteiger partial charge is 0.230 e. The van der Waals surface area contributed by atoms with Crippen molar-refractivity contribution < 1.29 is 4.52 Å². The minimum atomic E-state index is 0.155. The molecule has 0 unspecified atom stereocenters. The number of aromatic amines is 1. The summed E-state index contributed by atoms with van der Waals surface area (Å²) in [4.78, 5) is 0. The van der Waals surface area contributed by atoms with Gasteiger partial charge in [0.1, 0.15) is 11.4 Å². The summed E-state index contributed by atoms with van der Waals surface area (Å²) in [6.07, 6.45) is 1.52. The Morgan fingerprint density at radius 2 is 2.11 bits per heavy atom. The molecule has 2 heterocycles. The van der Waals surface area contributed by atoms with Gasteiger partial charge in [-0.3, -0.25) is 0 Å². The minimum absolute atomic E-state index is 0.155. The first-order chi connectivity index (χ1) is 9.16. The van der Waals surface area contributed by atoms with E-state index in [1.165, 1.54) is 6.20 Å². The lowest BCUT2D eigenvalue weighted by Gasteiger charge is -2.04. The van der Waals surface area contributed by atoms with Gasteiger partial charge in [0.15, 0.2) is 0 Å². The average molecular weight is 296 g/mol. The minimum Gasteiger partial charge on any atom is -0.367 e. The summed E-state index contributed by atoms with van der Waals surface area (Å²) in [5, 5.41) is 15.0. The van der Waals surface area contributed by atoms with Crippen LogP contribution in [0, 0.1) is 0 Å². The molecule has 0 amide bonds. The van der Waals surface area contributed by atoms with Crippen molar-refractivity contribution in [1.82, 2.24) is 20.6 Å². The topological polar surface area (TPSA) is 93.6 Å². The number of halogens is 2. The van der Waals surface area contributed by atoms with Gasteiger partial charge in [-0.25, -0.2) is 0 Å². The van der Waals surface area contributed by atoms with E-state index in [0.717, 1.165) is 0 Å². The molecule has 8 heteroatoms. The van der Waals surface area contributed by atoms with Gasteiger partial charge in [0.2, 0.25) is 5.88 Å². The van der Waals surface area contributed by atoms with Gasteiger partial charge in [0, 0.05) is 10.6 Å². The van der Waals surface area contributed by atoms with E-state index in [-0.39, 0.29) is 5.88 Å². The molecule has 0 aliphatic heterocycles. The van der Waals surface area contributed by atoms with Gasteiger partial charge >= 0.3 is 0 Å². The van der Waals surface area contributed by atoms with Gasteiger partial charge in [-0.15, -0.1) is 0 Å². The van der Waals surface area contributed by atoms with Crippen molar-refractivity contribution in [3.63, 3.8) is 0 Å². The summed E-state index contributed by atoms with van der Waals surface area (Å²) in [5.41, 5.74) is 8.03. The highest BCUT2D eigenvalue weighted by Crippen LogP contribution is 2.39. The molecule has 0 aliphatic rings. The lowest BCUT2D eigenvalue weighted by atomic mass is 10.0. The molecule has 1 aromatic carbocycles. The predicted molar refractivity (Wildman–Crippen MR) is 71.7 cm³/mol. The van der Waals surface area contributed by atoms with Crippen molar-refractivity contribution in [2.24, 2.45) is 0 Å². The second-order valence-electron chi connectivity index (χ2n) is 3.75. The molecule has 0 aliphatic carbocycles. The van der Waals surface area contributed by atoms with Crippen LogP contribution in [0.3, 0.4) is 0 Å². The maximum absolute atomic E-state index is 6.17. The molecule has 0 bridgehead atoms. The lowest BCUT2D eigenvalue weighted by molar-refractivity contribution is 0.439. The van der Waals surface area contributed by atoms with Crippen LogP contribution in [0.2, 0.25) is 10.0 Å². The number of nitrogens with one attached hydrogen (secondary N) is 1. The van der Waals surface area contributed by atoms with Gasteiger partial charge in [0.05, 0.1) is 16.8 Å². The van der Waals surface area contributed by atoms with Crippen LogP contribution in [0.5, 0.6) is 0 Å². The molecule has 6 nitrogen and oxygen atoms in total. The molecule has 0 saturated heterocycles. The zero-order valence-corrected chi connectivity index (χ0v) is 10.9. The summed E-state index contributed by atoms with van der Waals surface area (Å²) in [7, 11) is 0. The van der Waals surface area contributed by atoms with E-state index in [0.29, 0.717) is 32.6 Å². The maximum Gasteiger partial charge on any atom is 0.230 e. The standard InChI is InChI=1S/C11H7Cl2N5O/c12-5-1-2-6(7(13)3-5)9-10(17-19-11(9)14)8-4-15-18-16-8/h1-4H,14H2,(H,15,16,18). The zero-order chi connectivity index (χ0) is 13.4. The van der Waals surface area contributed by atoms with E-state index in [1.807, 2.05) is 0 Å². The lowest BCUT2D eigenvalue weighted by Crippen LogP contribution is -1.89. The summed E-state index contributed by atoms with van der Waals surface area (Å²) >= 11 is 12.0. The number of hydrogen-bond donors (Lipinski definition) is 2. The third-order valence-electron chi connectivity index (χ3n) is 2.58. The fraction of sp³-hybridized carbons (Fsp3) is 0. The first-order valence-corrected chi connectivity index (χ1v) is 5.99. The van der Waals surface area contributed by atoms with E-state index in [9.17, 15) is 0 Å². The molecular formula is C11H7Cl2N5O. The number of nitrogens with zero attached hydrogens (tertiary/aromatic N) is 3. The van der Waals surface area contributed by atoms with E-state index in [4.69, 9.17) is 33.5 Å². The Labute approximate surface area is 117 Å². The normalized spacial score (nSPS) is 10.8. The largest absolute Gasteiger partial charge is 0.367 e. The molecule has 2 aromatic heterocycles. The summed E-state index contributed by atoms with van der Waals surface area (Å²) < 4.78 is 5.01. The van der Waals surface area contributed by atoms with Crippen molar-refractivity contribution in [1.29, 1.82) is 0 Å². The van der Waals surface area contributed by atoms with Crippen LogP contribution in [0.25, 0.3) is 22.5 Å². The Morgan fingerprint density at radius 3 is 2.79 bits per heavy atom.